The van der Waals surface area contributed by atoms with Crippen molar-refractivity contribution in [1.29, 1.82) is 0 Å². The molecular formula is C39H72NO7+. The van der Waals surface area contributed by atoms with Crippen LogP contribution in [-0.4, -0.2) is 80.6 Å². The van der Waals surface area contributed by atoms with Gasteiger partial charge in [-0.3, -0.25) is 9.59 Å². The molecule has 0 rings (SSSR count). The van der Waals surface area contributed by atoms with Crippen LogP contribution in [0.2, 0.25) is 0 Å². The van der Waals surface area contributed by atoms with Crippen molar-refractivity contribution >= 4 is 17.9 Å². The molecular weight excluding hydrogens is 594 g/mol. The number of carboxylic acid groups (broad SMARTS) is 1. The molecule has 8 nitrogen and oxygen atoms in total. The Labute approximate surface area is 288 Å². The number of carbonyl (C=O) groups excluding carboxylic acids is 2. The van der Waals surface area contributed by atoms with Crippen LogP contribution >= 0.6 is 0 Å². The zero-order valence-corrected chi connectivity index (χ0v) is 31.0. The zero-order valence-electron chi connectivity index (χ0n) is 31.0. The second kappa shape index (κ2) is 31.1. The number of carbonyl (C=O) groups is 3. The van der Waals surface area contributed by atoms with E-state index in [9.17, 15) is 19.5 Å². The number of nitrogens with zero attached hydrogens (tertiary/aromatic N) is 1. The lowest BCUT2D eigenvalue weighted by molar-refractivity contribution is -0.887. The van der Waals surface area contributed by atoms with E-state index in [0.717, 1.165) is 57.8 Å². The van der Waals surface area contributed by atoms with Gasteiger partial charge in [-0.2, -0.15) is 0 Å². The molecule has 274 valence electrons. The van der Waals surface area contributed by atoms with Crippen molar-refractivity contribution in [2.24, 2.45) is 0 Å². The number of ether oxygens (including phenoxy) is 3. The maximum Gasteiger partial charge on any atom is 0.362 e. The fraction of sp³-hybridized carbons (Fsp3) is 0.821. The Morgan fingerprint density at radius 1 is 0.660 bits per heavy atom. The normalized spacial score (nSPS) is 13.3. The summed E-state index contributed by atoms with van der Waals surface area (Å²) < 4.78 is 17.2. The first-order valence-electron chi connectivity index (χ1n) is 18.9. The lowest BCUT2D eigenvalue weighted by Gasteiger charge is -2.31. The molecule has 0 heterocycles. The predicted octanol–water partition coefficient (Wildman–Crippen LogP) is 9.35. The van der Waals surface area contributed by atoms with Crippen LogP contribution in [0.1, 0.15) is 155 Å². The van der Waals surface area contributed by atoms with E-state index in [-0.39, 0.29) is 36.2 Å². The van der Waals surface area contributed by atoms with Gasteiger partial charge in [0.1, 0.15) is 6.61 Å². The molecule has 47 heavy (non-hydrogen) atoms. The number of carboxylic acids is 1. The lowest BCUT2D eigenvalue weighted by Crippen LogP contribution is -2.50. The zero-order chi connectivity index (χ0) is 35.0. The first kappa shape index (κ1) is 44.8. The van der Waals surface area contributed by atoms with E-state index >= 15 is 0 Å². The van der Waals surface area contributed by atoms with Gasteiger partial charge in [0.2, 0.25) is 0 Å². The van der Waals surface area contributed by atoms with Crippen molar-refractivity contribution in [2.75, 3.05) is 41.0 Å². The van der Waals surface area contributed by atoms with E-state index in [0.29, 0.717) is 19.3 Å². The number of hydrogen-bond donors (Lipinski definition) is 1. The number of hydrogen-bond acceptors (Lipinski definition) is 6. The molecule has 0 saturated carbocycles. The SMILES string of the molecule is CC/C=C/C/C=C/CCCCCCCCCC(=O)OCC(COCCC(C(=O)O)[N+](C)(C)C)OC(=O)CCCCCCCCCCC. The summed E-state index contributed by atoms with van der Waals surface area (Å²) in [5.41, 5.74) is 0. The van der Waals surface area contributed by atoms with Crippen molar-refractivity contribution in [3.05, 3.63) is 24.3 Å². The van der Waals surface area contributed by atoms with Crippen molar-refractivity contribution in [1.82, 2.24) is 0 Å². The first-order valence-corrected chi connectivity index (χ1v) is 18.9. The van der Waals surface area contributed by atoms with Crippen molar-refractivity contribution in [3.63, 3.8) is 0 Å². The lowest BCUT2D eigenvalue weighted by atomic mass is 10.1. The highest BCUT2D eigenvalue weighted by molar-refractivity contribution is 5.72. The Balaban J connectivity index is 4.39. The fourth-order valence-corrected chi connectivity index (χ4v) is 5.42. The molecule has 0 saturated heterocycles. The first-order chi connectivity index (χ1) is 22.6. The highest BCUT2D eigenvalue weighted by Gasteiger charge is 2.31. The van der Waals surface area contributed by atoms with Gasteiger partial charge in [-0.1, -0.05) is 122 Å². The largest absolute Gasteiger partial charge is 0.477 e. The molecule has 0 aliphatic heterocycles. The Morgan fingerprint density at radius 3 is 1.74 bits per heavy atom. The van der Waals surface area contributed by atoms with E-state index in [1.54, 1.807) is 0 Å². The molecule has 2 unspecified atom stereocenters. The Kier molecular flexibility index (Phi) is 29.7. The summed E-state index contributed by atoms with van der Waals surface area (Å²) in [4.78, 5) is 36.7. The Bertz CT molecular complexity index is 834. The van der Waals surface area contributed by atoms with Crippen LogP contribution in [0.4, 0.5) is 0 Å². The van der Waals surface area contributed by atoms with Gasteiger partial charge in [0.05, 0.1) is 34.4 Å². The Morgan fingerprint density at radius 2 is 1.19 bits per heavy atom. The topological polar surface area (TPSA) is 99.1 Å². The van der Waals surface area contributed by atoms with E-state index in [1.807, 2.05) is 21.1 Å². The second-order valence-electron chi connectivity index (χ2n) is 13.8. The standard InChI is InChI=1S/C39H71NO7/c1-6-8-10-12-14-16-17-18-19-20-22-23-25-27-29-37(41)46-34-35(33-45-32-31-36(39(43)44)40(3,4)5)47-38(42)30-28-26-24-21-15-13-11-9-7-2/h8,10,14,16,35-36H,6-7,9,11-13,15,17-34H2,1-5H3/p+1/b10-8+,16-14+. The molecule has 0 radical (unpaired) electrons. The van der Waals surface area contributed by atoms with Crippen LogP contribution in [0.3, 0.4) is 0 Å². The number of aliphatic carboxylic acids is 1. The summed E-state index contributed by atoms with van der Waals surface area (Å²) in [6, 6.07) is -0.611. The highest BCUT2D eigenvalue weighted by Crippen LogP contribution is 2.14. The third kappa shape index (κ3) is 29.7. The molecule has 0 aromatic heterocycles. The number of unbranched alkanes of at least 4 members (excludes halogenated alkanes) is 15. The van der Waals surface area contributed by atoms with Gasteiger partial charge in [-0.25, -0.2) is 4.79 Å². The van der Waals surface area contributed by atoms with Crippen LogP contribution in [0.5, 0.6) is 0 Å². The average molecular weight is 667 g/mol. The van der Waals surface area contributed by atoms with Gasteiger partial charge >= 0.3 is 17.9 Å². The molecule has 2 atom stereocenters. The number of rotatable bonds is 33. The van der Waals surface area contributed by atoms with Crippen LogP contribution in [0.15, 0.2) is 24.3 Å². The van der Waals surface area contributed by atoms with Gasteiger partial charge < -0.3 is 23.8 Å². The molecule has 0 bridgehead atoms. The maximum atomic E-state index is 12.6. The Hall–Kier alpha value is -2.19. The second-order valence-corrected chi connectivity index (χ2v) is 13.8. The minimum atomic E-state index is -0.877. The molecule has 0 aromatic carbocycles. The molecule has 0 amide bonds. The summed E-state index contributed by atoms with van der Waals surface area (Å²) in [7, 11) is 5.51. The summed E-state index contributed by atoms with van der Waals surface area (Å²) in [5, 5.41) is 9.56. The smallest absolute Gasteiger partial charge is 0.362 e. The summed E-state index contributed by atoms with van der Waals surface area (Å²) in [5.74, 6) is -1.48. The molecule has 8 heteroatoms. The summed E-state index contributed by atoms with van der Waals surface area (Å²) >= 11 is 0. The van der Waals surface area contributed by atoms with Crippen molar-refractivity contribution < 1.29 is 38.2 Å². The third-order valence-corrected chi connectivity index (χ3v) is 8.37. The highest BCUT2D eigenvalue weighted by atomic mass is 16.6. The van der Waals surface area contributed by atoms with E-state index in [2.05, 4.69) is 38.2 Å². The van der Waals surface area contributed by atoms with E-state index in [1.165, 1.54) is 64.2 Å². The van der Waals surface area contributed by atoms with Gasteiger partial charge in [-0.05, 0) is 38.5 Å². The van der Waals surface area contributed by atoms with Gasteiger partial charge in [-0.15, -0.1) is 0 Å². The number of quaternary nitrogens is 1. The average Bonchev–Trinajstić information content (AvgIpc) is 3.01. The van der Waals surface area contributed by atoms with Crippen molar-refractivity contribution in [2.45, 2.75) is 167 Å². The van der Waals surface area contributed by atoms with Gasteiger partial charge in [0.15, 0.2) is 12.1 Å². The predicted molar refractivity (Wildman–Crippen MR) is 192 cm³/mol. The van der Waals surface area contributed by atoms with Crippen LogP contribution in [-0.2, 0) is 28.6 Å². The molecule has 0 aromatic rings. The summed E-state index contributed by atoms with van der Waals surface area (Å²) in [6.45, 7) is 4.59. The molecule has 0 fully saturated rings. The molecule has 1 N–H and O–H groups in total. The monoisotopic (exact) mass is 667 g/mol. The number of likely N-dealkylation sites (N-methyl/N-ethyl adjacent to an activating group) is 1. The van der Waals surface area contributed by atoms with Crippen LogP contribution < -0.4 is 0 Å². The van der Waals surface area contributed by atoms with E-state index < -0.39 is 18.1 Å². The van der Waals surface area contributed by atoms with Crippen LogP contribution in [0, 0.1) is 0 Å². The number of allylic oxidation sites excluding steroid dienone is 4. The van der Waals surface area contributed by atoms with Crippen LogP contribution in [0.25, 0.3) is 0 Å². The van der Waals surface area contributed by atoms with Gasteiger partial charge in [0.25, 0.3) is 0 Å². The maximum absolute atomic E-state index is 12.6. The molecule has 0 aliphatic carbocycles. The van der Waals surface area contributed by atoms with Crippen molar-refractivity contribution in [3.8, 4) is 0 Å². The minimum Gasteiger partial charge on any atom is -0.477 e. The molecule has 0 spiro atoms. The van der Waals surface area contributed by atoms with E-state index in [4.69, 9.17) is 14.2 Å². The molecule has 0 aliphatic rings. The summed E-state index contributed by atoms with van der Waals surface area (Å²) in [6.07, 6.45) is 30.8. The number of esters is 2. The minimum absolute atomic E-state index is 0.0522. The van der Waals surface area contributed by atoms with Gasteiger partial charge in [0, 0.05) is 19.3 Å². The fourth-order valence-electron chi connectivity index (χ4n) is 5.42. The third-order valence-electron chi connectivity index (χ3n) is 8.37. The quantitative estimate of drug-likeness (QED) is 0.0322.